The first-order chi connectivity index (χ1) is 14.7. The number of rotatable bonds is 7. The van der Waals surface area contributed by atoms with Crippen LogP contribution in [0.1, 0.15) is 27.0 Å². The molecule has 0 saturated heterocycles. The number of hydrogen-bond acceptors (Lipinski definition) is 4. The van der Waals surface area contributed by atoms with E-state index in [1.54, 1.807) is 18.2 Å². The second-order valence-corrected chi connectivity index (χ2v) is 7.03. The number of carbonyl (C=O) groups excluding carboxylic acids is 2. The average Bonchev–Trinajstić information content (AvgIpc) is 2.78. The maximum absolute atomic E-state index is 12.5. The molecule has 0 spiro atoms. The van der Waals surface area contributed by atoms with Gasteiger partial charge in [-0.1, -0.05) is 54.6 Å². The van der Waals surface area contributed by atoms with E-state index in [0.29, 0.717) is 36.8 Å². The summed E-state index contributed by atoms with van der Waals surface area (Å²) < 4.78 is 11.2. The molecule has 0 radical (unpaired) electrons. The molecule has 0 atom stereocenters. The summed E-state index contributed by atoms with van der Waals surface area (Å²) in [6, 6.07) is 23.0. The molecular formula is C24H22N2O4. The number of amides is 2. The van der Waals surface area contributed by atoms with Crippen molar-refractivity contribution in [3.8, 4) is 5.75 Å². The minimum Gasteiger partial charge on any atom is -0.482 e. The summed E-state index contributed by atoms with van der Waals surface area (Å²) in [5, 5.41) is 5.63. The van der Waals surface area contributed by atoms with E-state index in [9.17, 15) is 9.59 Å². The maximum Gasteiger partial charge on any atom is 0.262 e. The Morgan fingerprint density at radius 2 is 1.70 bits per heavy atom. The fourth-order valence-corrected chi connectivity index (χ4v) is 3.19. The van der Waals surface area contributed by atoms with E-state index in [1.165, 1.54) is 0 Å². The van der Waals surface area contributed by atoms with Crippen molar-refractivity contribution >= 4 is 17.5 Å². The number of nitrogens with one attached hydrogen (secondary N) is 2. The largest absolute Gasteiger partial charge is 0.482 e. The number of carbonyl (C=O) groups is 2. The molecule has 6 nitrogen and oxygen atoms in total. The predicted molar refractivity (Wildman–Crippen MR) is 113 cm³/mol. The van der Waals surface area contributed by atoms with Crippen molar-refractivity contribution < 1.29 is 19.1 Å². The lowest BCUT2D eigenvalue weighted by Crippen LogP contribution is -2.26. The fourth-order valence-electron chi connectivity index (χ4n) is 3.19. The third-order valence-corrected chi connectivity index (χ3v) is 4.70. The van der Waals surface area contributed by atoms with Crippen LogP contribution in [0.2, 0.25) is 0 Å². The van der Waals surface area contributed by atoms with Crippen molar-refractivity contribution in [1.82, 2.24) is 5.32 Å². The lowest BCUT2D eigenvalue weighted by atomic mass is 10.1. The minimum absolute atomic E-state index is 0.0444. The highest BCUT2D eigenvalue weighted by Gasteiger charge is 2.17. The first-order valence-electron chi connectivity index (χ1n) is 9.72. The molecule has 0 saturated carbocycles. The van der Waals surface area contributed by atoms with Gasteiger partial charge in [-0.25, -0.2) is 0 Å². The molecule has 4 rings (SSSR count). The summed E-state index contributed by atoms with van der Waals surface area (Å²) >= 11 is 0. The van der Waals surface area contributed by atoms with Crippen LogP contribution in [0.15, 0.2) is 72.8 Å². The third kappa shape index (κ3) is 5.04. The molecule has 0 unspecified atom stereocenters. The van der Waals surface area contributed by atoms with Gasteiger partial charge in [-0.2, -0.15) is 0 Å². The van der Waals surface area contributed by atoms with E-state index < -0.39 is 0 Å². The van der Waals surface area contributed by atoms with Crippen LogP contribution < -0.4 is 15.4 Å². The molecule has 2 N–H and O–H groups in total. The van der Waals surface area contributed by atoms with Gasteiger partial charge in [-0.3, -0.25) is 9.59 Å². The summed E-state index contributed by atoms with van der Waals surface area (Å²) in [6.07, 6.45) is 0. The second-order valence-electron chi connectivity index (χ2n) is 7.03. The molecule has 1 aliphatic rings. The summed E-state index contributed by atoms with van der Waals surface area (Å²) in [5.41, 5.74) is 4.23. The monoisotopic (exact) mass is 402 g/mol. The molecule has 152 valence electrons. The topological polar surface area (TPSA) is 76.7 Å². The van der Waals surface area contributed by atoms with Gasteiger partial charge in [0.25, 0.3) is 11.8 Å². The van der Waals surface area contributed by atoms with Crippen molar-refractivity contribution in [2.45, 2.75) is 19.8 Å². The van der Waals surface area contributed by atoms with Crippen molar-refractivity contribution in [3.05, 3.63) is 95.1 Å². The summed E-state index contributed by atoms with van der Waals surface area (Å²) in [6.45, 7) is 1.42. The van der Waals surface area contributed by atoms with Gasteiger partial charge < -0.3 is 20.1 Å². The Balaban J connectivity index is 1.31. The Morgan fingerprint density at radius 3 is 2.57 bits per heavy atom. The van der Waals surface area contributed by atoms with Gasteiger partial charge in [0.15, 0.2) is 6.61 Å². The molecule has 2 amide bonds. The zero-order valence-electron chi connectivity index (χ0n) is 16.4. The summed E-state index contributed by atoms with van der Waals surface area (Å²) in [4.78, 5) is 23.8. The number of benzene rings is 3. The Morgan fingerprint density at radius 1 is 0.933 bits per heavy atom. The van der Waals surface area contributed by atoms with Crippen molar-refractivity contribution in [2.75, 3.05) is 11.9 Å². The van der Waals surface area contributed by atoms with E-state index >= 15 is 0 Å². The normalized spacial score (nSPS) is 12.5. The molecule has 0 fully saturated rings. The minimum atomic E-state index is -0.205. The quantitative estimate of drug-likeness (QED) is 0.632. The van der Waals surface area contributed by atoms with Gasteiger partial charge in [0.2, 0.25) is 0 Å². The molecule has 0 bridgehead atoms. The molecule has 1 heterocycles. The number of anilines is 1. The van der Waals surface area contributed by atoms with Crippen LogP contribution in [0, 0.1) is 0 Å². The zero-order chi connectivity index (χ0) is 20.8. The Hall–Kier alpha value is -3.64. The smallest absolute Gasteiger partial charge is 0.262 e. The van der Waals surface area contributed by atoms with Gasteiger partial charge in [-0.05, 0) is 34.9 Å². The Kier molecular flexibility index (Phi) is 6.06. The maximum atomic E-state index is 12.5. The highest BCUT2D eigenvalue weighted by Crippen LogP contribution is 2.28. The Labute approximate surface area is 174 Å². The molecule has 3 aromatic rings. The summed E-state index contributed by atoms with van der Waals surface area (Å²) in [7, 11) is 0. The van der Waals surface area contributed by atoms with Gasteiger partial charge in [0.1, 0.15) is 5.75 Å². The lowest BCUT2D eigenvalue weighted by Gasteiger charge is -2.18. The SMILES string of the molecule is O=C1COc2cc(C(=O)NCc3cccc(COCc4ccccc4)c3)ccc2N1. The van der Waals surface area contributed by atoms with Gasteiger partial charge in [0, 0.05) is 12.1 Å². The van der Waals surface area contributed by atoms with Crippen LogP contribution in [0.3, 0.4) is 0 Å². The predicted octanol–water partition coefficient (Wildman–Crippen LogP) is 3.66. The van der Waals surface area contributed by atoms with Gasteiger partial charge in [-0.15, -0.1) is 0 Å². The number of ether oxygens (including phenoxy) is 2. The van der Waals surface area contributed by atoms with Gasteiger partial charge in [0.05, 0.1) is 18.9 Å². The highest BCUT2D eigenvalue weighted by molar-refractivity contribution is 5.98. The number of hydrogen-bond donors (Lipinski definition) is 2. The van der Waals surface area contributed by atoms with E-state index in [0.717, 1.165) is 16.7 Å². The van der Waals surface area contributed by atoms with E-state index in [-0.39, 0.29) is 18.4 Å². The van der Waals surface area contributed by atoms with Crippen molar-refractivity contribution in [2.24, 2.45) is 0 Å². The molecule has 3 aromatic carbocycles. The molecule has 1 aliphatic heterocycles. The van der Waals surface area contributed by atoms with Crippen molar-refractivity contribution in [1.29, 1.82) is 0 Å². The third-order valence-electron chi connectivity index (χ3n) is 4.70. The van der Waals surface area contributed by atoms with E-state index in [1.807, 2.05) is 54.6 Å². The van der Waals surface area contributed by atoms with Crippen LogP contribution in [-0.4, -0.2) is 18.4 Å². The molecular weight excluding hydrogens is 380 g/mol. The van der Waals surface area contributed by atoms with Crippen LogP contribution in [0.5, 0.6) is 5.75 Å². The second kappa shape index (κ2) is 9.24. The first-order valence-corrected chi connectivity index (χ1v) is 9.72. The molecule has 0 aliphatic carbocycles. The lowest BCUT2D eigenvalue weighted by molar-refractivity contribution is -0.118. The molecule has 30 heavy (non-hydrogen) atoms. The zero-order valence-corrected chi connectivity index (χ0v) is 16.4. The van der Waals surface area contributed by atoms with Crippen molar-refractivity contribution in [3.63, 3.8) is 0 Å². The Bertz CT molecular complexity index is 1050. The average molecular weight is 402 g/mol. The molecule has 0 aromatic heterocycles. The standard InChI is InChI=1S/C24H22N2O4/c27-23-16-30-22-12-20(9-10-21(22)26-23)24(28)25-13-18-7-4-8-19(11-18)15-29-14-17-5-2-1-3-6-17/h1-12H,13-16H2,(H,25,28)(H,26,27). The van der Waals surface area contributed by atoms with E-state index in [2.05, 4.69) is 10.6 Å². The van der Waals surface area contributed by atoms with Crippen LogP contribution in [0.4, 0.5) is 5.69 Å². The van der Waals surface area contributed by atoms with Crippen LogP contribution >= 0.6 is 0 Å². The first kappa shape index (κ1) is 19.7. The van der Waals surface area contributed by atoms with Crippen LogP contribution in [0.25, 0.3) is 0 Å². The van der Waals surface area contributed by atoms with Gasteiger partial charge >= 0.3 is 0 Å². The highest BCUT2D eigenvalue weighted by atomic mass is 16.5. The van der Waals surface area contributed by atoms with Crippen LogP contribution in [-0.2, 0) is 29.3 Å². The molecule has 6 heteroatoms. The van der Waals surface area contributed by atoms with E-state index in [4.69, 9.17) is 9.47 Å². The number of fused-ring (bicyclic) bond motifs is 1. The fraction of sp³-hybridized carbons (Fsp3) is 0.167. The summed E-state index contributed by atoms with van der Waals surface area (Å²) in [5.74, 6) is 0.0937.